The topological polar surface area (TPSA) is 62.2 Å². The summed E-state index contributed by atoms with van der Waals surface area (Å²) in [6, 6.07) is 0. The number of rotatable bonds is 5. The highest BCUT2D eigenvalue weighted by Gasteiger charge is 2.17. The van der Waals surface area contributed by atoms with Crippen LogP contribution in [0.3, 0.4) is 0 Å². The van der Waals surface area contributed by atoms with Gasteiger partial charge in [0.05, 0.1) is 22.3 Å². The van der Waals surface area contributed by atoms with Crippen LogP contribution in [0.25, 0.3) is 0 Å². The van der Waals surface area contributed by atoms with Gasteiger partial charge in [-0.2, -0.15) is 0 Å². The molecule has 2 N–H and O–H groups in total. The van der Waals surface area contributed by atoms with E-state index in [1.54, 1.807) is 29.7 Å². The summed E-state index contributed by atoms with van der Waals surface area (Å²) in [6.45, 7) is 10.1. The molecule has 0 amide bonds. The molecule has 0 spiro atoms. The van der Waals surface area contributed by atoms with Crippen molar-refractivity contribution in [3.05, 3.63) is 32.2 Å². The minimum atomic E-state index is 0. The zero-order chi connectivity index (χ0) is 16.9. The molecule has 0 aliphatic carbocycles. The van der Waals surface area contributed by atoms with Gasteiger partial charge >= 0.3 is 0 Å². The van der Waals surface area contributed by atoms with Crippen molar-refractivity contribution in [3.63, 3.8) is 0 Å². The van der Waals surface area contributed by atoms with Crippen LogP contribution in [-0.4, -0.2) is 29.5 Å². The zero-order valence-corrected chi connectivity index (χ0v) is 18.8. The highest BCUT2D eigenvalue weighted by molar-refractivity contribution is 14.0. The second kappa shape index (κ2) is 9.67. The summed E-state index contributed by atoms with van der Waals surface area (Å²) in [6.07, 6.45) is 2.83. The SMILES string of the molecule is CN=C(NCCc1ncc(C)s1)NCc1csc(C(C)(C)C)n1.I. The molecule has 0 atom stereocenters. The van der Waals surface area contributed by atoms with Gasteiger partial charge in [-0.15, -0.1) is 46.7 Å². The Morgan fingerprint density at radius 2 is 2.04 bits per heavy atom. The molecular weight excluding hydrogens is 453 g/mol. The Morgan fingerprint density at radius 3 is 2.58 bits per heavy atom. The van der Waals surface area contributed by atoms with E-state index in [-0.39, 0.29) is 29.4 Å². The van der Waals surface area contributed by atoms with Crippen molar-refractivity contribution >= 4 is 52.6 Å². The number of guanidine groups is 1. The molecule has 2 aromatic rings. The lowest BCUT2D eigenvalue weighted by Gasteiger charge is -2.14. The number of nitrogens with one attached hydrogen (secondary N) is 2. The van der Waals surface area contributed by atoms with Crippen molar-refractivity contribution in [1.29, 1.82) is 0 Å². The van der Waals surface area contributed by atoms with Crippen LogP contribution in [0.1, 0.15) is 41.4 Å². The molecule has 0 fully saturated rings. The number of aromatic nitrogens is 2. The van der Waals surface area contributed by atoms with Gasteiger partial charge in [-0.05, 0) is 6.92 Å². The number of aliphatic imine (C=N–C) groups is 1. The molecule has 0 aliphatic rings. The minimum Gasteiger partial charge on any atom is -0.356 e. The molecule has 0 saturated heterocycles. The monoisotopic (exact) mass is 479 g/mol. The average Bonchev–Trinajstić information content (AvgIpc) is 3.11. The molecule has 2 rings (SSSR count). The third kappa shape index (κ3) is 6.64. The van der Waals surface area contributed by atoms with E-state index < -0.39 is 0 Å². The van der Waals surface area contributed by atoms with E-state index in [0.717, 1.165) is 34.6 Å². The average molecular weight is 479 g/mol. The lowest BCUT2D eigenvalue weighted by molar-refractivity contribution is 0.582. The summed E-state index contributed by atoms with van der Waals surface area (Å²) in [4.78, 5) is 14.5. The summed E-state index contributed by atoms with van der Waals surface area (Å²) >= 11 is 3.46. The van der Waals surface area contributed by atoms with E-state index in [2.05, 4.69) is 58.7 Å². The highest BCUT2D eigenvalue weighted by atomic mass is 127. The molecule has 0 saturated carbocycles. The van der Waals surface area contributed by atoms with Crippen molar-refractivity contribution in [2.75, 3.05) is 13.6 Å². The number of halogens is 1. The number of nitrogens with zero attached hydrogens (tertiary/aromatic N) is 3. The maximum Gasteiger partial charge on any atom is 0.191 e. The predicted octanol–water partition coefficient (Wildman–Crippen LogP) is 3.73. The molecule has 2 heterocycles. The minimum absolute atomic E-state index is 0. The van der Waals surface area contributed by atoms with Crippen molar-refractivity contribution in [2.45, 2.75) is 46.1 Å². The standard InChI is InChI=1S/C16H25N5S2.HI/c1-11-8-19-13(23-11)6-7-18-15(17-5)20-9-12-10-22-14(21-12)16(2,3)4;/h8,10H,6-7,9H2,1-5H3,(H2,17,18,20);1H. The third-order valence-electron chi connectivity index (χ3n) is 3.15. The second-order valence-corrected chi connectivity index (χ2v) is 8.54. The van der Waals surface area contributed by atoms with E-state index in [1.165, 1.54) is 4.88 Å². The zero-order valence-electron chi connectivity index (χ0n) is 14.8. The van der Waals surface area contributed by atoms with Gasteiger partial charge in [0, 0.05) is 41.9 Å². The van der Waals surface area contributed by atoms with Crippen LogP contribution < -0.4 is 10.6 Å². The predicted molar refractivity (Wildman–Crippen MR) is 115 cm³/mol. The molecule has 0 aromatic carbocycles. The number of aryl methyl sites for hydroxylation is 1. The molecule has 0 aliphatic heterocycles. The van der Waals surface area contributed by atoms with Crippen molar-refractivity contribution < 1.29 is 0 Å². The molecule has 0 unspecified atom stereocenters. The number of hydrogen-bond donors (Lipinski definition) is 2. The molecule has 0 bridgehead atoms. The van der Waals surface area contributed by atoms with Gasteiger partial charge in [-0.25, -0.2) is 9.97 Å². The van der Waals surface area contributed by atoms with Crippen LogP contribution in [-0.2, 0) is 18.4 Å². The first kappa shape index (κ1) is 21.3. The lowest BCUT2D eigenvalue weighted by atomic mass is 9.98. The first-order valence-electron chi connectivity index (χ1n) is 7.69. The molecule has 24 heavy (non-hydrogen) atoms. The summed E-state index contributed by atoms with van der Waals surface area (Å²) in [7, 11) is 1.78. The van der Waals surface area contributed by atoms with Crippen LogP contribution in [0.4, 0.5) is 0 Å². The molecule has 134 valence electrons. The van der Waals surface area contributed by atoms with Gasteiger partial charge in [0.1, 0.15) is 0 Å². The van der Waals surface area contributed by atoms with Gasteiger partial charge in [0.15, 0.2) is 5.96 Å². The Bertz CT molecular complexity index is 657. The molecule has 0 radical (unpaired) electrons. The summed E-state index contributed by atoms with van der Waals surface area (Å²) in [5, 5.41) is 11.0. The van der Waals surface area contributed by atoms with E-state index in [1.807, 2.05) is 6.20 Å². The van der Waals surface area contributed by atoms with Crippen LogP contribution in [0.2, 0.25) is 0 Å². The van der Waals surface area contributed by atoms with Gasteiger partial charge in [0.25, 0.3) is 0 Å². The van der Waals surface area contributed by atoms with Gasteiger partial charge in [-0.1, -0.05) is 20.8 Å². The maximum absolute atomic E-state index is 4.68. The Kier molecular flexibility index (Phi) is 8.58. The smallest absolute Gasteiger partial charge is 0.191 e. The largest absolute Gasteiger partial charge is 0.356 e. The van der Waals surface area contributed by atoms with Crippen molar-refractivity contribution in [1.82, 2.24) is 20.6 Å². The highest BCUT2D eigenvalue weighted by Crippen LogP contribution is 2.25. The molecule has 2 aromatic heterocycles. The quantitative estimate of drug-likeness (QED) is 0.390. The fraction of sp³-hybridized carbons (Fsp3) is 0.562. The molecule has 5 nitrogen and oxygen atoms in total. The van der Waals surface area contributed by atoms with Crippen molar-refractivity contribution in [2.24, 2.45) is 4.99 Å². The molecular formula is C16H26IN5S2. The maximum atomic E-state index is 4.68. The third-order valence-corrected chi connectivity index (χ3v) is 5.44. The number of thiazole rings is 2. The fourth-order valence-electron chi connectivity index (χ4n) is 1.93. The Hall–Kier alpha value is -0.740. The fourth-order valence-corrected chi connectivity index (χ4v) is 3.63. The van der Waals surface area contributed by atoms with Crippen LogP contribution in [0.5, 0.6) is 0 Å². The van der Waals surface area contributed by atoms with E-state index in [4.69, 9.17) is 0 Å². The Labute approximate surface area is 169 Å². The van der Waals surface area contributed by atoms with Crippen LogP contribution in [0.15, 0.2) is 16.6 Å². The lowest BCUT2D eigenvalue weighted by Crippen LogP contribution is -2.37. The number of hydrogen-bond acceptors (Lipinski definition) is 5. The first-order chi connectivity index (χ1) is 10.9. The normalized spacial score (nSPS) is 12.0. The second-order valence-electron chi connectivity index (χ2n) is 6.36. The Morgan fingerprint density at radius 1 is 1.29 bits per heavy atom. The van der Waals surface area contributed by atoms with Crippen molar-refractivity contribution in [3.8, 4) is 0 Å². The van der Waals surface area contributed by atoms with E-state index in [9.17, 15) is 0 Å². The summed E-state index contributed by atoms with van der Waals surface area (Å²) in [5.41, 5.74) is 1.16. The van der Waals surface area contributed by atoms with Gasteiger partial charge in [0.2, 0.25) is 0 Å². The van der Waals surface area contributed by atoms with Crippen LogP contribution in [0, 0.1) is 6.92 Å². The van der Waals surface area contributed by atoms with Gasteiger partial charge < -0.3 is 10.6 Å². The first-order valence-corrected chi connectivity index (χ1v) is 9.39. The molecule has 8 heteroatoms. The summed E-state index contributed by atoms with van der Waals surface area (Å²) < 4.78 is 0. The van der Waals surface area contributed by atoms with Crippen LogP contribution >= 0.6 is 46.7 Å². The van der Waals surface area contributed by atoms with E-state index >= 15 is 0 Å². The van der Waals surface area contributed by atoms with Gasteiger partial charge in [-0.3, -0.25) is 4.99 Å². The van der Waals surface area contributed by atoms with E-state index in [0.29, 0.717) is 6.54 Å². The Balaban J connectivity index is 0.00000288. The summed E-state index contributed by atoms with van der Waals surface area (Å²) in [5.74, 6) is 0.795.